The average Bonchev–Trinajstić information content (AvgIpc) is 2.80. The number of nitrogens with one attached hydrogen (secondary N) is 2. The maximum atomic E-state index is 11.8. The van der Waals surface area contributed by atoms with Crippen LogP contribution in [0, 0.1) is 0 Å². The lowest BCUT2D eigenvalue weighted by atomic mass is 10.2. The first kappa shape index (κ1) is 14.5. The molecule has 1 heterocycles. The number of nitrogen functional groups attached to an aromatic ring is 1. The van der Waals surface area contributed by atoms with Gasteiger partial charge in [0.15, 0.2) is 0 Å². The molecule has 4 N–H and O–H groups in total. The minimum Gasteiger partial charge on any atom is -0.397 e. The van der Waals surface area contributed by atoms with Crippen molar-refractivity contribution in [2.75, 3.05) is 30.7 Å². The molecule has 0 unspecified atom stereocenters. The fourth-order valence-corrected chi connectivity index (χ4v) is 2.18. The zero-order valence-electron chi connectivity index (χ0n) is 11.0. The number of nitrogens with two attached hydrogens (primary N) is 1. The third kappa shape index (κ3) is 3.77. The summed E-state index contributed by atoms with van der Waals surface area (Å²) >= 11 is 5.85. The van der Waals surface area contributed by atoms with Gasteiger partial charge < -0.3 is 21.3 Å². The Labute approximate surface area is 122 Å². The Morgan fingerprint density at radius 2 is 2.30 bits per heavy atom. The van der Waals surface area contributed by atoms with Crippen LogP contribution >= 0.6 is 11.6 Å². The van der Waals surface area contributed by atoms with Crippen molar-refractivity contribution in [3.63, 3.8) is 0 Å². The van der Waals surface area contributed by atoms with Crippen molar-refractivity contribution >= 4 is 34.9 Å². The number of carbonyl (C=O) groups is 2. The van der Waals surface area contributed by atoms with Crippen LogP contribution in [0.15, 0.2) is 18.2 Å². The number of hydrogen-bond donors (Lipinski definition) is 3. The number of benzene rings is 1. The molecule has 1 aromatic carbocycles. The normalized spacial score (nSPS) is 14.2. The van der Waals surface area contributed by atoms with Gasteiger partial charge in [0.25, 0.3) is 0 Å². The van der Waals surface area contributed by atoms with Gasteiger partial charge in [-0.1, -0.05) is 11.6 Å². The molecule has 0 aromatic heterocycles. The van der Waals surface area contributed by atoms with Crippen molar-refractivity contribution in [2.45, 2.75) is 12.8 Å². The van der Waals surface area contributed by atoms with Crippen LogP contribution in [0.2, 0.25) is 5.02 Å². The minimum atomic E-state index is -0.140. The summed E-state index contributed by atoms with van der Waals surface area (Å²) in [5, 5.41) is 5.95. The molecule has 0 saturated carbocycles. The van der Waals surface area contributed by atoms with Crippen molar-refractivity contribution in [3.8, 4) is 0 Å². The van der Waals surface area contributed by atoms with Gasteiger partial charge in [0, 0.05) is 31.1 Å². The SMILES string of the molecule is Nc1ccc(Cl)cc1NC(=O)CCCN1CCNC1=O. The summed E-state index contributed by atoms with van der Waals surface area (Å²) in [6.45, 7) is 1.94. The zero-order valence-corrected chi connectivity index (χ0v) is 11.7. The molecule has 1 fully saturated rings. The lowest BCUT2D eigenvalue weighted by molar-refractivity contribution is -0.116. The number of rotatable bonds is 5. The summed E-state index contributed by atoms with van der Waals surface area (Å²) in [5.74, 6) is -0.140. The van der Waals surface area contributed by atoms with Gasteiger partial charge in [-0.3, -0.25) is 4.79 Å². The largest absolute Gasteiger partial charge is 0.397 e. The monoisotopic (exact) mass is 296 g/mol. The van der Waals surface area contributed by atoms with E-state index in [0.717, 1.165) is 0 Å². The molecule has 6 nitrogen and oxygen atoms in total. The van der Waals surface area contributed by atoms with Crippen LogP contribution in [0.5, 0.6) is 0 Å². The molecule has 1 saturated heterocycles. The first-order valence-corrected chi connectivity index (χ1v) is 6.82. The highest BCUT2D eigenvalue weighted by Crippen LogP contribution is 2.23. The second-order valence-corrected chi connectivity index (χ2v) is 5.04. The Morgan fingerprint density at radius 3 is 3.00 bits per heavy atom. The number of urea groups is 1. The fourth-order valence-electron chi connectivity index (χ4n) is 2.00. The molecule has 108 valence electrons. The van der Waals surface area contributed by atoms with Crippen LogP contribution in [0.4, 0.5) is 16.2 Å². The first-order chi connectivity index (χ1) is 9.56. The van der Waals surface area contributed by atoms with Crippen molar-refractivity contribution < 1.29 is 9.59 Å². The number of carbonyl (C=O) groups excluding carboxylic acids is 2. The van der Waals surface area contributed by atoms with Crippen molar-refractivity contribution in [1.29, 1.82) is 0 Å². The molecule has 0 bridgehead atoms. The highest BCUT2D eigenvalue weighted by atomic mass is 35.5. The Bertz CT molecular complexity index is 521. The fraction of sp³-hybridized carbons (Fsp3) is 0.385. The average molecular weight is 297 g/mol. The van der Waals surface area contributed by atoms with Crippen molar-refractivity contribution in [2.24, 2.45) is 0 Å². The predicted molar refractivity (Wildman–Crippen MR) is 78.7 cm³/mol. The number of anilines is 2. The maximum absolute atomic E-state index is 11.8. The number of nitrogens with zero attached hydrogens (tertiary/aromatic N) is 1. The molecule has 20 heavy (non-hydrogen) atoms. The second kappa shape index (κ2) is 6.47. The van der Waals surface area contributed by atoms with Gasteiger partial charge in [-0.05, 0) is 24.6 Å². The number of amides is 3. The van der Waals surface area contributed by atoms with E-state index in [1.54, 1.807) is 23.1 Å². The molecule has 1 aliphatic heterocycles. The van der Waals surface area contributed by atoms with E-state index < -0.39 is 0 Å². The van der Waals surface area contributed by atoms with E-state index in [0.29, 0.717) is 48.9 Å². The summed E-state index contributed by atoms with van der Waals surface area (Å²) in [7, 11) is 0. The third-order valence-electron chi connectivity index (χ3n) is 3.07. The van der Waals surface area contributed by atoms with Crippen LogP contribution in [-0.2, 0) is 4.79 Å². The number of halogens is 1. The summed E-state index contributed by atoms with van der Waals surface area (Å²) in [6, 6.07) is 4.86. The quantitative estimate of drug-likeness (QED) is 0.722. The maximum Gasteiger partial charge on any atom is 0.317 e. The molecule has 7 heteroatoms. The Kier molecular flexibility index (Phi) is 4.68. The van der Waals surface area contributed by atoms with Crippen LogP contribution in [0.25, 0.3) is 0 Å². The van der Waals surface area contributed by atoms with Gasteiger partial charge in [0.1, 0.15) is 0 Å². The molecule has 3 amide bonds. The van der Waals surface area contributed by atoms with Crippen LogP contribution in [0.1, 0.15) is 12.8 Å². The van der Waals surface area contributed by atoms with E-state index in [1.807, 2.05) is 0 Å². The van der Waals surface area contributed by atoms with E-state index in [1.165, 1.54) is 0 Å². The van der Waals surface area contributed by atoms with Crippen LogP contribution in [-0.4, -0.2) is 36.5 Å². The Morgan fingerprint density at radius 1 is 1.50 bits per heavy atom. The molecule has 0 aliphatic carbocycles. The van der Waals surface area contributed by atoms with Crippen LogP contribution in [0.3, 0.4) is 0 Å². The second-order valence-electron chi connectivity index (χ2n) is 4.60. The number of hydrogen-bond acceptors (Lipinski definition) is 3. The third-order valence-corrected chi connectivity index (χ3v) is 3.30. The van der Waals surface area contributed by atoms with E-state index >= 15 is 0 Å². The summed E-state index contributed by atoms with van der Waals surface area (Å²) in [6.07, 6.45) is 0.940. The van der Waals surface area contributed by atoms with E-state index in [2.05, 4.69) is 10.6 Å². The predicted octanol–water partition coefficient (Wildman–Crippen LogP) is 1.67. The molecular weight excluding hydrogens is 280 g/mol. The highest BCUT2D eigenvalue weighted by molar-refractivity contribution is 6.31. The highest BCUT2D eigenvalue weighted by Gasteiger charge is 2.18. The van der Waals surface area contributed by atoms with Gasteiger partial charge in [-0.15, -0.1) is 0 Å². The van der Waals surface area contributed by atoms with Gasteiger partial charge >= 0.3 is 6.03 Å². The van der Waals surface area contributed by atoms with E-state index in [-0.39, 0.29) is 11.9 Å². The zero-order chi connectivity index (χ0) is 14.5. The van der Waals surface area contributed by atoms with Crippen LogP contribution < -0.4 is 16.4 Å². The summed E-state index contributed by atoms with van der Waals surface area (Å²) in [4.78, 5) is 24.8. The van der Waals surface area contributed by atoms with Gasteiger partial charge in [0.2, 0.25) is 5.91 Å². The molecule has 1 aliphatic rings. The smallest absolute Gasteiger partial charge is 0.317 e. The van der Waals surface area contributed by atoms with Gasteiger partial charge in [0.05, 0.1) is 11.4 Å². The Hall–Kier alpha value is -1.95. The van der Waals surface area contributed by atoms with Crippen molar-refractivity contribution in [1.82, 2.24) is 10.2 Å². The topological polar surface area (TPSA) is 87.5 Å². The van der Waals surface area contributed by atoms with E-state index in [9.17, 15) is 9.59 Å². The Balaban J connectivity index is 1.77. The molecule has 0 spiro atoms. The lowest BCUT2D eigenvalue weighted by Gasteiger charge is -2.13. The van der Waals surface area contributed by atoms with Gasteiger partial charge in [-0.25, -0.2) is 4.79 Å². The molecule has 0 atom stereocenters. The minimum absolute atomic E-state index is 0.0653. The standard InChI is InChI=1S/C13H17ClN4O2/c14-9-3-4-10(15)11(8-9)17-12(19)2-1-6-18-7-5-16-13(18)20/h3-4,8H,1-2,5-7,15H2,(H,16,20)(H,17,19). The molecule has 0 radical (unpaired) electrons. The molecule has 1 aromatic rings. The first-order valence-electron chi connectivity index (χ1n) is 6.44. The van der Waals surface area contributed by atoms with Gasteiger partial charge in [-0.2, -0.15) is 0 Å². The lowest BCUT2D eigenvalue weighted by Crippen LogP contribution is -2.29. The molecular formula is C13H17ClN4O2. The van der Waals surface area contributed by atoms with Crippen molar-refractivity contribution in [3.05, 3.63) is 23.2 Å². The summed E-state index contributed by atoms with van der Waals surface area (Å²) in [5.41, 5.74) is 6.74. The van der Waals surface area contributed by atoms with E-state index in [4.69, 9.17) is 17.3 Å². The molecule has 2 rings (SSSR count). The summed E-state index contributed by atoms with van der Waals surface area (Å²) < 4.78 is 0.